The standard InChI is InChI=1S/C17H18N2O6S/c1-23-9-8-18-26(21,22)14-5-2-12(3-6-14)17(20)19-13-4-7-15-16(10-13)25-11-24-15/h2-7,10,18H,8-9,11H2,1H3,(H,19,20). The van der Waals surface area contributed by atoms with Gasteiger partial charge >= 0.3 is 0 Å². The molecule has 1 amide bonds. The Kier molecular flexibility index (Phi) is 5.40. The second kappa shape index (κ2) is 7.73. The number of hydrogen-bond donors (Lipinski definition) is 2. The average molecular weight is 378 g/mol. The lowest BCUT2D eigenvalue weighted by Crippen LogP contribution is -2.27. The summed E-state index contributed by atoms with van der Waals surface area (Å²) in [6.07, 6.45) is 0. The average Bonchev–Trinajstić information content (AvgIpc) is 3.10. The molecule has 0 atom stereocenters. The molecule has 2 aromatic carbocycles. The van der Waals surface area contributed by atoms with E-state index < -0.39 is 10.0 Å². The Bertz CT molecular complexity index is 896. The van der Waals surface area contributed by atoms with Crippen molar-refractivity contribution in [1.29, 1.82) is 0 Å². The molecule has 1 aliphatic rings. The number of amides is 1. The third-order valence-corrected chi connectivity index (χ3v) is 5.13. The molecular formula is C17H18N2O6S. The van der Waals surface area contributed by atoms with Crippen molar-refractivity contribution in [3.8, 4) is 11.5 Å². The topological polar surface area (TPSA) is 103 Å². The molecule has 3 rings (SSSR count). The molecule has 2 aromatic rings. The summed E-state index contributed by atoms with van der Waals surface area (Å²) in [5, 5.41) is 2.73. The first kappa shape index (κ1) is 18.2. The van der Waals surface area contributed by atoms with Gasteiger partial charge in [-0.25, -0.2) is 13.1 Å². The number of hydrogen-bond acceptors (Lipinski definition) is 6. The van der Waals surface area contributed by atoms with Crippen molar-refractivity contribution in [2.75, 3.05) is 32.4 Å². The molecule has 0 aliphatic carbocycles. The summed E-state index contributed by atoms with van der Waals surface area (Å²) in [7, 11) is -2.14. The number of carbonyl (C=O) groups is 1. The lowest BCUT2D eigenvalue weighted by molar-refractivity contribution is 0.102. The summed E-state index contributed by atoms with van der Waals surface area (Å²) in [5.74, 6) is 0.824. The van der Waals surface area contributed by atoms with Crippen LogP contribution in [0, 0.1) is 0 Å². The smallest absolute Gasteiger partial charge is 0.255 e. The zero-order valence-corrected chi connectivity index (χ0v) is 14.8. The van der Waals surface area contributed by atoms with Crippen LogP contribution in [0.4, 0.5) is 5.69 Å². The van der Waals surface area contributed by atoms with Gasteiger partial charge in [0, 0.05) is 31.0 Å². The van der Waals surface area contributed by atoms with Crippen molar-refractivity contribution < 1.29 is 27.4 Å². The predicted octanol–water partition coefficient (Wildman–Crippen LogP) is 1.59. The Morgan fingerprint density at radius 3 is 2.58 bits per heavy atom. The molecular weight excluding hydrogens is 360 g/mol. The van der Waals surface area contributed by atoms with Gasteiger partial charge in [0.05, 0.1) is 11.5 Å². The van der Waals surface area contributed by atoms with Gasteiger partial charge in [-0.2, -0.15) is 0 Å². The summed E-state index contributed by atoms with van der Waals surface area (Å²) < 4.78 is 41.9. The minimum atomic E-state index is -3.63. The second-order valence-electron chi connectivity index (χ2n) is 5.44. The Morgan fingerprint density at radius 1 is 1.12 bits per heavy atom. The third-order valence-electron chi connectivity index (χ3n) is 3.66. The molecule has 0 fully saturated rings. The SMILES string of the molecule is COCCNS(=O)(=O)c1ccc(C(=O)Nc2ccc3c(c2)OCO3)cc1. The van der Waals surface area contributed by atoms with Crippen molar-refractivity contribution in [2.24, 2.45) is 0 Å². The summed E-state index contributed by atoms with van der Waals surface area (Å²) in [5.41, 5.74) is 0.885. The number of sulfonamides is 1. The summed E-state index contributed by atoms with van der Waals surface area (Å²) >= 11 is 0. The van der Waals surface area contributed by atoms with Crippen LogP contribution in [0.2, 0.25) is 0 Å². The number of fused-ring (bicyclic) bond motifs is 1. The fraction of sp³-hybridized carbons (Fsp3) is 0.235. The van der Waals surface area contributed by atoms with Crippen LogP contribution in [-0.2, 0) is 14.8 Å². The van der Waals surface area contributed by atoms with E-state index in [9.17, 15) is 13.2 Å². The van der Waals surface area contributed by atoms with Crippen molar-refractivity contribution in [3.05, 3.63) is 48.0 Å². The molecule has 0 saturated heterocycles. The van der Waals surface area contributed by atoms with Gasteiger partial charge in [0.15, 0.2) is 11.5 Å². The predicted molar refractivity (Wildman–Crippen MR) is 94.0 cm³/mol. The number of carbonyl (C=O) groups excluding carboxylic acids is 1. The van der Waals surface area contributed by atoms with Gasteiger partial charge < -0.3 is 19.5 Å². The van der Waals surface area contributed by atoms with E-state index in [0.717, 1.165) is 0 Å². The quantitative estimate of drug-likeness (QED) is 0.710. The van der Waals surface area contributed by atoms with Gasteiger partial charge in [-0.15, -0.1) is 0 Å². The Labute approximate surface area is 151 Å². The maximum atomic E-state index is 12.3. The van der Waals surface area contributed by atoms with Crippen LogP contribution in [0.5, 0.6) is 11.5 Å². The molecule has 0 aromatic heterocycles. The Hall–Kier alpha value is -2.62. The van der Waals surface area contributed by atoms with Crippen LogP contribution >= 0.6 is 0 Å². The first-order chi connectivity index (χ1) is 12.5. The molecule has 2 N–H and O–H groups in total. The highest BCUT2D eigenvalue weighted by Gasteiger charge is 2.16. The lowest BCUT2D eigenvalue weighted by Gasteiger charge is -2.08. The number of ether oxygens (including phenoxy) is 3. The van der Waals surface area contributed by atoms with E-state index in [2.05, 4.69) is 10.0 Å². The number of anilines is 1. The molecule has 0 unspecified atom stereocenters. The normalized spacial score (nSPS) is 12.8. The van der Waals surface area contributed by atoms with Crippen LogP contribution < -0.4 is 19.5 Å². The van der Waals surface area contributed by atoms with Crippen LogP contribution in [0.25, 0.3) is 0 Å². The zero-order chi connectivity index (χ0) is 18.6. The first-order valence-corrected chi connectivity index (χ1v) is 9.27. The number of rotatable bonds is 7. The highest BCUT2D eigenvalue weighted by molar-refractivity contribution is 7.89. The van der Waals surface area contributed by atoms with Crippen molar-refractivity contribution in [2.45, 2.75) is 4.90 Å². The summed E-state index contributed by atoms with van der Waals surface area (Å²) in [4.78, 5) is 12.4. The molecule has 1 aliphatic heterocycles. The number of nitrogens with one attached hydrogen (secondary N) is 2. The highest BCUT2D eigenvalue weighted by atomic mass is 32.2. The number of benzene rings is 2. The Morgan fingerprint density at radius 2 is 1.85 bits per heavy atom. The number of methoxy groups -OCH3 is 1. The van der Waals surface area contributed by atoms with E-state index >= 15 is 0 Å². The van der Waals surface area contributed by atoms with E-state index in [0.29, 0.717) is 22.7 Å². The molecule has 0 radical (unpaired) electrons. The van der Waals surface area contributed by atoms with E-state index in [1.807, 2.05) is 0 Å². The molecule has 1 heterocycles. The van der Waals surface area contributed by atoms with Gasteiger partial charge in [-0.3, -0.25) is 4.79 Å². The first-order valence-electron chi connectivity index (χ1n) is 7.79. The molecule has 26 heavy (non-hydrogen) atoms. The third kappa shape index (κ3) is 4.13. The highest BCUT2D eigenvalue weighted by Crippen LogP contribution is 2.34. The van der Waals surface area contributed by atoms with E-state index in [-0.39, 0.29) is 30.7 Å². The Balaban J connectivity index is 1.67. The van der Waals surface area contributed by atoms with Crippen molar-refractivity contribution in [1.82, 2.24) is 4.72 Å². The molecule has 0 bridgehead atoms. The van der Waals surface area contributed by atoms with Gasteiger partial charge in [0.25, 0.3) is 5.91 Å². The van der Waals surface area contributed by atoms with E-state index in [4.69, 9.17) is 14.2 Å². The maximum Gasteiger partial charge on any atom is 0.255 e. The van der Waals surface area contributed by atoms with Gasteiger partial charge in [-0.1, -0.05) is 0 Å². The minimum Gasteiger partial charge on any atom is -0.454 e. The molecule has 9 heteroatoms. The molecule has 0 spiro atoms. The van der Waals surface area contributed by atoms with Crippen molar-refractivity contribution in [3.63, 3.8) is 0 Å². The summed E-state index contributed by atoms with van der Waals surface area (Å²) in [6.45, 7) is 0.599. The second-order valence-corrected chi connectivity index (χ2v) is 7.20. The minimum absolute atomic E-state index is 0.0771. The summed E-state index contributed by atoms with van der Waals surface area (Å²) in [6, 6.07) is 10.7. The van der Waals surface area contributed by atoms with E-state index in [1.165, 1.54) is 31.4 Å². The van der Waals surface area contributed by atoms with Crippen LogP contribution in [-0.4, -0.2) is 41.4 Å². The lowest BCUT2D eigenvalue weighted by atomic mass is 10.2. The molecule has 138 valence electrons. The molecule has 8 nitrogen and oxygen atoms in total. The van der Waals surface area contributed by atoms with E-state index in [1.54, 1.807) is 18.2 Å². The van der Waals surface area contributed by atoms with Gasteiger partial charge in [0.2, 0.25) is 16.8 Å². The van der Waals surface area contributed by atoms with Crippen LogP contribution in [0.3, 0.4) is 0 Å². The van der Waals surface area contributed by atoms with Crippen LogP contribution in [0.1, 0.15) is 10.4 Å². The van der Waals surface area contributed by atoms with Gasteiger partial charge in [-0.05, 0) is 36.4 Å². The molecule has 0 saturated carbocycles. The monoisotopic (exact) mass is 378 g/mol. The zero-order valence-electron chi connectivity index (χ0n) is 14.0. The fourth-order valence-corrected chi connectivity index (χ4v) is 3.34. The van der Waals surface area contributed by atoms with Gasteiger partial charge in [0.1, 0.15) is 0 Å². The largest absolute Gasteiger partial charge is 0.454 e. The fourth-order valence-electron chi connectivity index (χ4n) is 2.32. The van der Waals surface area contributed by atoms with Crippen molar-refractivity contribution >= 4 is 21.6 Å². The van der Waals surface area contributed by atoms with Crippen LogP contribution in [0.15, 0.2) is 47.4 Å². The maximum absolute atomic E-state index is 12.3.